The molecule has 132 valence electrons. The minimum atomic E-state index is -0.426. The molecular formula is C19H22N2O4. The minimum Gasteiger partial charge on any atom is -0.497 e. The van der Waals surface area contributed by atoms with E-state index in [2.05, 4.69) is 10.9 Å². The SMILES string of the molecule is CCc1ccccc1OCC(=O)NNC(=O)Cc1cccc(OC)c1. The maximum absolute atomic E-state index is 11.9. The number of para-hydroxylation sites is 1. The molecule has 2 rings (SSSR count). The van der Waals surface area contributed by atoms with E-state index in [4.69, 9.17) is 9.47 Å². The van der Waals surface area contributed by atoms with Crippen LogP contribution in [0.15, 0.2) is 48.5 Å². The lowest BCUT2D eigenvalue weighted by Gasteiger charge is -2.11. The van der Waals surface area contributed by atoms with Crippen LogP contribution in [0.3, 0.4) is 0 Å². The molecule has 0 saturated heterocycles. The monoisotopic (exact) mass is 342 g/mol. The topological polar surface area (TPSA) is 76.7 Å². The van der Waals surface area contributed by atoms with E-state index < -0.39 is 5.91 Å². The number of methoxy groups -OCH3 is 1. The van der Waals surface area contributed by atoms with Crippen molar-refractivity contribution in [2.45, 2.75) is 19.8 Å². The zero-order valence-corrected chi connectivity index (χ0v) is 14.4. The molecule has 0 bridgehead atoms. The van der Waals surface area contributed by atoms with Crippen LogP contribution in [0, 0.1) is 0 Å². The number of carbonyl (C=O) groups is 2. The van der Waals surface area contributed by atoms with Crippen LogP contribution in [0.25, 0.3) is 0 Å². The Hall–Kier alpha value is -3.02. The van der Waals surface area contributed by atoms with Crippen LogP contribution in [0.2, 0.25) is 0 Å². The van der Waals surface area contributed by atoms with Crippen molar-refractivity contribution >= 4 is 11.8 Å². The number of hydrazine groups is 1. The highest BCUT2D eigenvalue weighted by atomic mass is 16.5. The fourth-order valence-electron chi connectivity index (χ4n) is 2.27. The van der Waals surface area contributed by atoms with Gasteiger partial charge in [-0.05, 0) is 35.7 Å². The van der Waals surface area contributed by atoms with Crippen molar-refractivity contribution in [2.75, 3.05) is 13.7 Å². The summed E-state index contributed by atoms with van der Waals surface area (Å²) in [5.41, 5.74) is 6.53. The highest BCUT2D eigenvalue weighted by molar-refractivity contribution is 5.83. The van der Waals surface area contributed by atoms with Gasteiger partial charge < -0.3 is 9.47 Å². The Bertz CT molecular complexity index is 731. The molecule has 0 aliphatic heterocycles. The van der Waals surface area contributed by atoms with Gasteiger partial charge in [0.2, 0.25) is 5.91 Å². The average molecular weight is 342 g/mol. The minimum absolute atomic E-state index is 0.136. The molecule has 25 heavy (non-hydrogen) atoms. The van der Waals surface area contributed by atoms with Crippen LogP contribution >= 0.6 is 0 Å². The van der Waals surface area contributed by atoms with Gasteiger partial charge in [0, 0.05) is 0 Å². The number of carbonyl (C=O) groups excluding carboxylic acids is 2. The summed E-state index contributed by atoms with van der Waals surface area (Å²) in [4.78, 5) is 23.7. The van der Waals surface area contributed by atoms with E-state index in [0.29, 0.717) is 11.5 Å². The third-order valence-electron chi connectivity index (χ3n) is 3.55. The van der Waals surface area contributed by atoms with Gasteiger partial charge in [0.05, 0.1) is 13.5 Å². The normalized spacial score (nSPS) is 10.0. The van der Waals surface area contributed by atoms with Gasteiger partial charge in [0.15, 0.2) is 6.61 Å². The molecule has 0 heterocycles. The number of ether oxygens (including phenoxy) is 2. The van der Waals surface area contributed by atoms with Crippen LogP contribution in [-0.4, -0.2) is 25.5 Å². The molecule has 6 heteroatoms. The van der Waals surface area contributed by atoms with E-state index in [1.165, 1.54) is 0 Å². The summed E-state index contributed by atoms with van der Waals surface area (Å²) in [6, 6.07) is 14.7. The zero-order chi connectivity index (χ0) is 18.1. The van der Waals surface area contributed by atoms with E-state index >= 15 is 0 Å². The predicted molar refractivity (Wildman–Crippen MR) is 94.3 cm³/mol. The lowest BCUT2D eigenvalue weighted by atomic mass is 10.1. The number of benzene rings is 2. The standard InChI is InChI=1S/C19H22N2O4/c1-3-15-8-4-5-10-17(15)25-13-19(23)21-20-18(22)12-14-7-6-9-16(11-14)24-2/h4-11H,3,12-13H2,1-2H3,(H,20,22)(H,21,23). The Kier molecular flexibility index (Phi) is 6.83. The Morgan fingerprint density at radius 3 is 2.52 bits per heavy atom. The van der Waals surface area contributed by atoms with Crippen molar-refractivity contribution < 1.29 is 19.1 Å². The highest BCUT2D eigenvalue weighted by Crippen LogP contribution is 2.17. The van der Waals surface area contributed by atoms with Crippen LogP contribution in [0.4, 0.5) is 0 Å². The summed E-state index contributed by atoms with van der Waals surface area (Å²) in [7, 11) is 1.57. The number of hydrogen-bond donors (Lipinski definition) is 2. The second-order valence-electron chi connectivity index (χ2n) is 5.37. The van der Waals surface area contributed by atoms with Crippen molar-refractivity contribution in [1.29, 1.82) is 0 Å². The van der Waals surface area contributed by atoms with Gasteiger partial charge in [-0.15, -0.1) is 0 Å². The molecule has 0 atom stereocenters. The molecule has 0 spiro atoms. The maximum Gasteiger partial charge on any atom is 0.276 e. The number of aryl methyl sites for hydroxylation is 1. The number of hydrogen-bond acceptors (Lipinski definition) is 4. The first-order chi connectivity index (χ1) is 12.1. The van der Waals surface area contributed by atoms with Crippen molar-refractivity contribution in [2.24, 2.45) is 0 Å². The summed E-state index contributed by atoms with van der Waals surface area (Å²) >= 11 is 0. The van der Waals surface area contributed by atoms with E-state index in [-0.39, 0.29) is 18.9 Å². The fourth-order valence-corrected chi connectivity index (χ4v) is 2.27. The predicted octanol–water partition coefficient (Wildman–Crippen LogP) is 2.03. The molecule has 0 unspecified atom stereocenters. The van der Waals surface area contributed by atoms with Crippen LogP contribution in [0.5, 0.6) is 11.5 Å². The van der Waals surface area contributed by atoms with Crippen molar-refractivity contribution in [3.63, 3.8) is 0 Å². The third-order valence-corrected chi connectivity index (χ3v) is 3.55. The van der Waals surface area contributed by atoms with Gasteiger partial charge in [0.1, 0.15) is 11.5 Å². The second-order valence-corrected chi connectivity index (χ2v) is 5.37. The first kappa shape index (κ1) is 18.3. The zero-order valence-electron chi connectivity index (χ0n) is 14.4. The molecule has 0 aliphatic carbocycles. The number of rotatable bonds is 7. The largest absolute Gasteiger partial charge is 0.497 e. The number of amides is 2. The molecular weight excluding hydrogens is 320 g/mol. The molecule has 2 N–H and O–H groups in total. The van der Waals surface area contributed by atoms with Gasteiger partial charge in [-0.3, -0.25) is 20.4 Å². The van der Waals surface area contributed by atoms with Crippen LogP contribution in [0.1, 0.15) is 18.1 Å². The molecule has 2 aromatic carbocycles. The smallest absolute Gasteiger partial charge is 0.276 e. The summed E-state index contributed by atoms with van der Waals surface area (Å²) in [6.07, 6.45) is 0.950. The molecule has 6 nitrogen and oxygen atoms in total. The van der Waals surface area contributed by atoms with E-state index in [1.807, 2.05) is 37.3 Å². The second kappa shape index (κ2) is 9.32. The quantitative estimate of drug-likeness (QED) is 0.755. The Morgan fingerprint density at radius 2 is 1.76 bits per heavy atom. The van der Waals surface area contributed by atoms with Gasteiger partial charge in [-0.25, -0.2) is 0 Å². The lowest BCUT2D eigenvalue weighted by Crippen LogP contribution is -2.44. The van der Waals surface area contributed by atoms with Gasteiger partial charge in [-0.2, -0.15) is 0 Å². The van der Waals surface area contributed by atoms with Crippen molar-refractivity contribution in [3.8, 4) is 11.5 Å². The average Bonchev–Trinajstić information content (AvgIpc) is 2.65. The maximum atomic E-state index is 11.9. The lowest BCUT2D eigenvalue weighted by molar-refractivity contribution is -0.129. The summed E-state index contributed by atoms with van der Waals surface area (Å²) < 4.78 is 10.6. The van der Waals surface area contributed by atoms with Crippen LogP contribution in [-0.2, 0) is 22.4 Å². The number of nitrogens with one attached hydrogen (secondary N) is 2. The van der Waals surface area contributed by atoms with E-state index in [0.717, 1.165) is 17.5 Å². The molecule has 0 aliphatic rings. The van der Waals surface area contributed by atoms with Gasteiger partial charge >= 0.3 is 0 Å². The Morgan fingerprint density at radius 1 is 1.00 bits per heavy atom. The van der Waals surface area contributed by atoms with Gasteiger partial charge in [-0.1, -0.05) is 37.3 Å². The molecule has 2 aromatic rings. The molecule has 0 aromatic heterocycles. The van der Waals surface area contributed by atoms with Gasteiger partial charge in [0.25, 0.3) is 5.91 Å². The molecule has 0 radical (unpaired) electrons. The van der Waals surface area contributed by atoms with E-state index in [9.17, 15) is 9.59 Å². The Labute approximate surface area is 147 Å². The third kappa shape index (κ3) is 5.84. The first-order valence-corrected chi connectivity index (χ1v) is 8.03. The first-order valence-electron chi connectivity index (χ1n) is 8.03. The molecule has 0 saturated carbocycles. The summed E-state index contributed by atoms with van der Waals surface area (Å²) in [5, 5.41) is 0. The summed E-state index contributed by atoms with van der Waals surface area (Å²) in [6.45, 7) is 1.84. The molecule has 2 amide bonds. The van der Waals surface area contributed by atoms with Crippen LogP contribution < -0.4 is 20.3 Å². The Balaban J connectivity index is 1.76. The molecule has 0 fully saturated rings. The van der Waals surface area contributed by atoms with E-state index in [1.54, 1.807) is 25.3 Å². The fraction of sp³-hybridized carbons (Fsp3) is 0.263. The van der Waals surface area contributed by atoms with Crippen molar-refractivity contribution in [3.05, 3.63) is 59.7 Å². The summed E-state index contributed by atoms with van der Waals surface area (Å²) in [5.74, 6) is 0.598. The highest BCUT2D eigenvalue weighted by Gasteiger charge is 2.08. The van der Waals surface area contributed by atoms with Crippen molar-refractivity contribution in [1.82, 2.24) is 10.9 Å².